The molecule has 5 aliphatic rings. The lowest BCUT2D eigenvalue weighted by atomic mass is 9.48. The number of hydrogen-bond acceptors (Lipinski definition) is 0. The molecule has 4 unspecified atom stereocenters. The molecule has 0 aromatic heterocycles. The SMILES string of the molecule is CC12C=CC3(C)C4CC[C@H]3[C@H]1CCC42. The van der Waals surface area contributed by atoms with Gasteiger partial charge in [-0.1, -0.05) is 26.0 Å². The van der Waals surface area contributed by atoms with Crippen LogP contribution in [0.2, 0.25) is 0 Å². The van der Waals surface area contributed by atoms with Gasteiger partial charge in [0.25, 0.3) is 0 Å². The van der Waals surface area contributed by atoms with E-state index in [1.54, 1.807) is 0 Å². The van der Waals surface area contributed by atoms with Crippen LogP contribution in [0.5, 0.6) is 0 Å². The predicted octanol–water partition coefficient (Wildman–Crippen LogP) is 3.63. The van der Waals surface area contributed by atoms with Crippen LogP contribution in [0.25, 0.3) is 0 Å². The number of allylic oxidation sites excluding steroid dienone is 2. The molecule has 5 aliphatic carbocycles. The van der Waals surface area contributed by atoms with Gasteiger partial charge in [-0.3, -0.25) is 0 Å². The average molecular weight is 188 g/mol. The third kappa shape index (κ3) is 0.570. The van der Waals surface area contributed by atoms with E-state index < -0.39 is 0 Å². The smallest absolute Gasteiger partial charge is 0.00839 e. The molecule has 0 saturated heterocycles. The van der Waals surface area contributed by atoms with Gasteiger partial charge in [-0.05, 0) is 60.2 Å². The van der Waals surface area contributed by atoms with Crippen LogP contribution in [-0.4, -0.2) is 0 Å². The summed E-state index contributed by atoms with van der Waals surface area (Å²) in [5.74, 6) is 4.17. The Hall–Kier alpha value is -0.260. The number of rotatable bonds is 0. The first-order chi connectivity index (χ1) is 6.66. The second kappa shape index (κ2) is 1.99. The standard InChI is InChI=1S/C14H20/c1-13-7-8-14(2)11-5-6-12(14)10(13)4-3-9(11)13/h7-12H,3-6H2,1-2H3/t9-,10?,11+,12?,13?,14?. The first-order valence-corrected chi connectivity index (χ1v) is 6.37. The monoisotopic (exact) mass is 188 g/mol. The molecule has 5 rings (SSSR count). The van der Waals surface area contributed by atoms with E-state index in [-0.39, 0.29) is 0 Å². The fourth-order valence-corrected chi connectivity index (χ4v) is 5.90. The largest absolute Gasteiger partial charge is 0.0814 e. The van der Waals surface area contributed by atoms with Crippen molar-refractivity contribution in [3.05, 3.63) is 12.2 Å². The minimum Gasteiger partial charge on any atom is -0.0814 e. The lowest BCUT2D eigenvalue weighted by Gasteiger charge is -2.56. The van der Waals surface area contributed by atoms with Crippen LogP contribution in [0.15, 0.2) is 12.2 Å². The molecule has 0 N–H and O–H groups in total. The second-order valence-corrected chi connectivity index (χ2v) is 6.65. The highest BCUT2D eigenvalue weighted by atomic mass is 14.7. The summed E-state index contributed by atoms with van der Waals surface area (Å²) in [5, 5.41) is 0. The Morgan fingerprint density at radius 1 is 0.714 bits per heavy atom. The maximum atomic E-state index is 2.60. The maximum Gasteiger partial charge on any atom is -0.00839 e. The lowest BCUT2D eigenvalue weighted by molar-refractivity contribution is -0.0212. The molecule has 0 aromatic carbocycles. The maximum absolute atomic E-state index is 2.60. The highest BCUT2D eigenvalue weighted by Crippen LogP contribution is 2.74. The molecule has 6 atom stereocenters. The van der Waals surface area contributed by atoms with E-state index >= 15 is 0 Å². The van der Waals surface area contributed by atoms with E-state index in [9.17, 15) is 0 Å². The van der Waals surface area contributed by atoms with Gasteiger partial charge in [-0.15, -0.1) is 0 Å². The van der Waals surface area contributed by atoms with E-state index in [0.717, 1.165) is 23.7 Å². The third-order valence-corrected chi connectivity index (χ3v) is 6.55. The summed E-state index contributed by atoms with van der Waals surface area (Å²) in [4.78, 5) is 0. The van der Waals surface area contributed by atoms with Crippen LogP contribution >= 0.6 is 0 Å². The molecule has 0 nitrogen and oxygen atoms in total. The Morgan fingerprint density at radius 3 is 1.29 bits per heavy atom. The van der Waals surface area contributed by atoms with Gasteiger partial charge in [0.2, 0.25) is 0 Å². The van der Waals surface area contributed by atoms with Crippen LogP contribution in [0.3, 0.4) is 0 Å². The Kier molecular flexibility index (Phi) is 1.13. The van der Waals surface area contributed by atoms with Crippen LogP contribution in [0.1, 0.15) is 39.5 Å². The molecule has 3 fully saturated rings. The van der Waals surface area contributed by atoms with E-state index in [1.165, 1.54) is 25.7 Å². The van der Waals surface area contributed by atoms with Crippen molar-refractivity contribution < 1.29 is 0 Å². The summed E-state index contributed by atoms with van der Waals surface area (Å²) in [6.07, 6.45) is 11.3. The summed E-state index contributed by atoms with van der Waals surface area (Å²) in [7, 11) is 0. The molecular formula is C14H20. The van der Waals surface area contributed by atoms with Gasteiger partial charge in [0.15, 0.2) is 0 Å². The molecule has 0 amide bonds. The topological polar surface area (TPSA) is 0 Å². The van der Waals surface area contributed by atoms with Crippen molar-refractivity contribution >= 4 is 0 Å². The molecule has 0 heterocycles. The molecule has 6 bridgehead atoms. The molecule has 0 aliphatic heterocycles. The zero-order valence-electron chi connectivity index (χ0n) is 9.29. The molecule has 0 aromatic rings. The van der Waals surface area contributed by atoms with Crippen molar-refractivity contribution in [1.29, 1.82) is 0 Å². The molecular weight excluding hydrogens is 168 g/mol. The molecule has 76 valence electrons. The summed E-state index contributed by atoms with van der Waals surface area (Å²) in [6.45, 7) is 5.10. The molecule has 0 heteroatoms. The van der Waals surface area contributed by atoms with E-state index in [0.29, 0.717) is 10.8 Å². The first-order valence-electron chi connectivity index (χ1n) is 6.37. The van der Waals surface area contributed by atoms with Crippen LogP contribution in [-0.2, 0) is 0 Å². The van der Waals surface area contributed by atoms with Crippen molar-refractivity contribution in [1.82, 2.24) is 0 Å². The Labute approximate surface area is 86.8 Å². The fraction of sp³-hybridized carbons (Fsp3) is 0.857. The van der Waals surface area contributed by atoms with Gasteiger partial charge in [0.1, 0.15) is 0 Å². The minimum atomic E-state index is 0.615. The van der Waals surface area contributed by atoms with Gasteiger partial charge in [-0.25, -0.2) is 0 Å². The van der Waals surface area contributed by atoms with E-state index in [2.05, 4.69) is 26.0 Å². The normalized spacial score (nSPS) is 67.9. The van der Waals surface area contributed by atoms with Crippen molar-refractivity contribution in [3.63, 3.8) is 0 Å². The molecule has 0 spiro atoms. The van der Waals surface area contributed by atoms with Crippen molar-refractivity contribution in [2.75, 3.05) is 0 Å². The predicted molar refractivity (Wildman–Crippen MR) is 57.8 cm³/mol. The molecule has 0 radical (unpaired) electrons. The van der Waals surface area contributed by atoms with Gasteiger partial charge in [0.05, 0.1) is 0 Å². The highest BCUT2D eigenvalue weighted by molar-refractivity contribution is 5.29. The Morgan fingerprint density at radius 2 is 1.00 bits per heavy atom. The van der Waals surface area contributed by atoms with Crippen LogP contribution in [0.4, 0.5) is 0 Å². The van der Waals surface area contributed by atoms with E-state index in [1.807, 2.05) is 0 Å². The Balaban J connectivity index is 2.01. The number of hydrogen-bond donors (Lipinski definition) is 0. The van der Waals surface area contributed by atoms with Gasteiger partial charge in [-0.2, -0.15) is 0 Å². The summed E-state index contributed by atoms with van der Waals surface area (Å²) in [6, 6.07) is 0. The van der Waals surface area contributed by atoms with Crippen LogP contribution < -0.4 is 0 Å². The minimum absolute atomic E-state index is 0.615. The van der Waals surface area contributed by atoms with Crippen molar-refractivity contribution in [2.45, 2.75) is 39.5 Å². The van der Waals surface area contributed by atoms with Crippen LogP contribution in [0, 0.1) is 34.5 Å². The summed E-state index contributed by atoms with van der Waals surface area (Å²) in [5.41, 5.74) is 1.23. The van der Waals surface area contributed by atoms with Crippen molar-refractivity contribution in [2.24, 2.45) is 34.5 Å². The molecule has 14 heavy (non-hydrogen) atoms. The van der Waals surface area contributed by atoms with E-state index in [4.69, 9.17) is 0 Å². The lowest BCUT2D eigenvalue weighted by Crippen LogP contribution is -2.51. The van der Waals surface area contributed by atoms with Crippen molar-refractivity contribution in [3.8, 4) is 0 Å². The molecule has 3 saturated carbocycles. The third-order valence-electron chi connectivity index (χ3n) is 6.55. The zero-order valence-corrected chi connectivity index (χ0v) is 9.29. The second-order valence-electron chi connectivity index (χ2n) is 6.65. The Bertz CT molecular complexity index is 273. The summed E-state index contributed by atoms with van der Waals surface area (Å²) >= 11 is 0. The quantitative estimate of drug-likeness (QED) is 0.509. The van der Waals surface area contributed by atoms with Gasteiger partial charge < -0.3 is 0 Å². The first kappa shape index (κ1) is 7.96. The summed E-state index contributed by atoms with van der Waals surface area (Å²) < 4.78 is 0. The highest BCUT2D eigenvalue weighted by Gasteiger charge is 2.67. The zero-order chi connectivity index (χ0) is 9.55. The van der Waals surface area contributed by atoms with Gasteiger partial charge >= 0.3 is 0 Å². The fourth-order valence-electron chi connectivity index (χ4n) is 5.90. The average Bonchev–Trinajstić information content (AvgIpc) is 2.52. The van der Waals surface area contributed by atoms with Gasteiger partial charge in [0, 0.05) is 0 Å².